The van der Waals surface area contributed by atoms with Gasteiger partial charge in [0.25, 0.3) is 0 Å². The average molecular weight is 272 g/mol. The Bertz CT molecular complexity index is 433. The van der Waals surface area contributed by atoms with Gasteiger partial charge >= 0.3 is 0 Å². The van der Waals surface area contributed by atoms with Crippen LogP contribution in [0.4, 0.5) is 4.39 Å². The number of hydrogen-bond donors (Lipinski definition) is 0. The number of benzene rings is 1. The van der Waals surface area contributed by atoms with Crippen LogP contribution in [0.25, 0.3) is 0 Å². The molecule has 18 heavy (non-hydrogen) atoms. The lowest BCUT2D eigenvalue weighted by Crippen LogP contribution is -2.40. The van der Waals surface area contributed by atoms with Crippen molar-refractivity contribution in [3.05, 3.63) is 34.6 Å². The lowest BCUT2D eigenvalue weighted by molar-refractivity contribution is -0.135. The van der Waals surface area contributed by atoms with E-state index in [-0.39, 0.29) is 10.9 Å². The molecule has 0 bridgehead atoms. The fourth-order valence-electron chi connectivity index (χ4n) is 1.92. The molecule has 0 N–H and O–H groups in total. The Morgan fingerprint density at radius 2 is 2.11 bits per heavy atom. The second-order valence-electron chi connectivity index (χ2n) is 4.24. The molecule has 0 unspecified atom stereocenters. The minimum Gasteiger partial charge on any atom is -0.378 e. The first kappa shape index (κ1) is 13.3. The van der Waals surface area contributed by atoms with Crippen molar-refractivity contribution in [3.63, 3.8) is 0 Å². The number of hydrogen-bond acceptors (Lipinski definition) is 2. The largest absolute Gasteiger partial charge is 0.378 e. The quantitative estimate of drug-likeness (QED) is 0.844. The molecule has 1 aromatic rings. The summed E-state index contributed by atoms with van der Waals surface area (Å²) < 4.78 is 18.2. The zero-order valence-corrected chi connectivity index (χ0v) is 10.8. The molecule has 0 aromatic heterocycles. The molecular weight excluding hydrogens is 257 g/mol. The van der Waals surface area contributed by atoms with E-state index in [0.717, 1.165) is 5.56 Å². The van der Waals surface area contributed by atoms with Crippen molar-refractivity contribution in [3.8, 4) is 0 Å². The Kier molecular flexibility index (Phi) is 4.55. The van der Waals surface area contributed by atoms with Gasteiger partial charge in [0.1, 0.15) is 5.82 Å². The minimum absolute atomic E-state index is 0.103. The Morgan fingerprint density at radius 3 is 2.78 bits per heavy atom. The highest BCUT2D eigenvalue weighted by molar-refractivity contribution is 6.30. The Labute approximate surface area is 110 Å². The van der Waals surface area contributed by atoms with E-state index in [1.807, 2.05) is 0 Å². The summed E-state index contributed by atoms with van der Waals surface area (Å²) in [6.07, 6.45) is 0.998. The number of morpholine rings is 1. The zero-order valence-electron chi connectivity index (χ0n) is 9.99. The van der Waals surface area contributed by atoms with E-state index in [1.165, 1.54) is 6.07 Å². The number of carbonyl (C=O) groups excluding carboxylic acids is 1. The van der Waals surface area contributed by atoms with Crippen LogP contribution in [0.5, 0.6) is 0 Å². The third-order valence-corrected chi connectivity index (χ3v) is 3.26. The zero-order chi connectivity index (χ0) is 13.0. The summed E-state index contributed by atoms with van der Waals surface area (Å²) in [6, 6.07) is 4.56. The summed E-state index contributed by atoms with van der Waals surface area (Å²) in [5.41, 5.74) is 0.878. The minimum atomic E-state index is -0.431. The lowest BCUT2D eigenvalue weighted by atomic mass is 10.1. The normalized spacial score (nSPS) is 15.8. The van der Waals surface area contributed by atoms with Gasteiger partial charge in [-0.05, 0) is 24.1 Å². The molecule has 0 aliphatic carbocycles. The summed E-state index contributed by atoms with van der Waals surface area (Å²) in [4.78, 5) is 13.7. The molecule has 1 aliphatic heterocycles. The third-order valence-electron chi connectivity index (χ3n) is 2.98. The first-order chi connectivity index (χ1) is 8.66. The highest BCUT2D eigenvalue weighted by Gasteiger charge is 2.16. The van der Waals surface area contributed by atoms with Crippen LogP contribution in [0, 0.1) is 5.82 Å². The molecule has 0 saturated carbocycles. The van der Waals surface area contributed by atoms with E-state index in [9.17, 15) is 9.18 Å². The molecule has 1 fully saturated rings. The van der Waals surface area contributed by atoms with E-state index in [2.05, 4.69) is 0 Å². The van der Waals surface area contributed by atoms with Crippen LogP contribution in [-0.4, -0.2) is 37.1 Å². The van der Waals surface area contributed by atoms with Crippen molar-refractivity contribution >= 4 is 17.5 Å². The van der Waals surface area contributed by atoms with Crippen molar-refractivity contribution in [2.75, 3.05) is 26.3 Å². The summed E-state index contributed by atoms with van der Waals surface area (Å²) in [5, 5.41) is 0.103. The topological polar surface area (TPSA) is 29.5 Å². The number of rotatable bonds is 3. The van der Waals surface area contributed by atoms with Gasteiger partial charge in [-0.3, -0.25) is 4.79 Å². The van der Waals surface area contributed by atoms with Gasteiger partial charge in [-0.15, -0.1) is 0 Å². The van der Waals surface area contributed by atoms with Crippen LogP contribution >= 0.6 is 11.6 Å². The van der Waals surface area contributed by atoms with Crippen molar-refractivity contribution in [2.24, 2.45) is 0 Å². The molecule has 0 spiro atoms. The molecule has 1 aliphatic rings. The number of ether oxygens (including phenoxy) is 1. The van der Waals surface area contributed by atoms with Gasteiger partial charge in [0.15, 0.2) is 0 Å². The van der Waals surface area contributed by atoms with Gasteiger partial charge in [0.05, 0.1) is 18.2 Å². The lowest BCUT2D eigenvalue weighted by Gasteiger charge is -2.26. The van der Waals surface area contributed by atoms with Crippen LogP contribution in [0.1, 0.15) is 12.0 Å². The van der Waals surface area contributed by atoms with E-state index in [4.69, 9.17) is 16.3 Å². The predicted octanol–water partition coefficient (Wildman–Crippen LogP) is 2.27. The predicted molar refractivity (Wildman–Crippen MR) is 67.1 cm³/mol. The van der Waals surface area contributed by atoms with Gasteiger partial charge in [-0.1, -0.05) is 17.7 Å². The Morgan fingerprint density at radius 1 is 1.39 bits per heavy atom. The Balaban J connectivity index is 1.86. The summed E-state index contributed by atoms with van der Waals surface area (Å²) in [6.45, 7) is 2.52. The van der Waals surface area contributed by atoms with Crippen LogP contribution in [0.2, 0.25) is 5.02 Å². The number of carbonyl (C=O) groups is 1. The summed E-state index contributed by atoms with van der Waals surface area (Å²) >= 11 is 5.69. The number of halogens is 2. The van der Waals surface area contributed by atoms with Gasteiger partial charge in [0.2, 0.25) is 5.91 Å². The van der Waals surface area contributed by atoms with E-state index in [1.54, 1.807) is 17.0 Å². The maximum absolute atomic E-state index is 13.0. The van der Waals surface area contributed by atoms with Crippen LogP contribution in [0.15, 0.2) is 18.2 Å². The fraction of sp³-hybridized carbons (Fsp3) is 0.462. The van der Waals surface area contributed by atoms with Crippen LogP contribution < -0.4 is 0 Å². The standard InChI is InChI=1S/C13H15ClFNO2/c14-11-9-10(1-3-12(11)15)2-4-13(17)16-5-7-18-8-6-16/h1,3,9H,2,4-8H2. The summed E-state index contributed by atoms with van der Waals surface area (Å²) in [5.74, 6) is -0.321. The maximum atomic E-state index is 13.0. The van der Waals surface area contributed by atoms with Crippen molar-refractivity contribution in [2.45, 2.75) is 12.8 Å². The smallest absolute Gasteiger partial charge is 0.223 e. The number of aryl methyl sites for hydroxylation is 1. The summed E-state index contributed by atoms with van der Waals surface area (Å²) in [7, 11) is 0. The highest BCUT2D eigenvalue weighted by Crippen LogP contribution is 2.17. The molecule has 1 amide bonds. The molecule has 2 rings (SSSR count). The maximum Gasteiger partial charge on any atom is 0.223 e. The van der Waals surface area contributed by atoms with Gasteiger partial charge in [0, 0.05) is 19.5 Å². The van der Waals surface area contributed by atoms with E-state index < -0.39 is 5.82 Å². The molecule has 98 valence electrons. The molecule has 1 aromatic carbocycles. The van der Waals surface area contributed by atoms with E-state index >= 15 is 0 Å². The second kappa shape index (κ2) is 6.16. The molecule has 5 heteroatoms. The van der Waals surface area contributed by atoms with Gasteiger partial charge in [-0.2, -0.15) is 0 Å². The molecule has 3 nitrogen and oxygen atoms in total. The third kappa shape index (κ3) is 3.43. The van der Waals surface area contributed by atoms with Crippen molar-refractivity contribution in [1.82, 2.24) is 4.90 Å². The van der Waals surface area contributed by atoms with E-state index in [0.29, 0.717) is 39.1 Å². The SMILES string of the molecule is O=C(CCc1ccc(F)c(Cl)c1)N1CCOCC1. The number of amides is 1. The fourth-order valence-corrected chi connectivity index (χ4v) is 2.12. The van der Waals surface area contributed by atoms with Crippen LogP contribution in [-0.2, 0) is 16.0 Å². The van der Waals surface area contributed by atoms with Gasteiger partial charge in [-0.25, -0.2) is 4.39 Å². The van der Waals surface area contributed by atoms with Gasteiger partial charge < -0.3 is 9.64 Å². The van der Waals surface area contributed by atoms with Crippen LogP contribution in [0.3, 0.4) is 0 Å². The monoisotopic (exact) mass is 271 g/mol. The number of nitrogens with zero attached hydrogens (tertiary/aromatic N) is 1. The first-order valence-electron chi connectivity index (χ1n) is 5.96. The highest BCUT2D eigenvalue weighted by atomic mass is 35.5. The average Bonchev–Trinajstić information content (AvgIpc) is 2.41. The second-order valence-corrected chi connectivity index (χ2v) is 4.65. The molecule has 0 radical (unpaired) electrons. The first-order valence-corrected chi connectivity index (χ1v) is 6.34. The van der Waals surface area contributed by atoms with Crippen molar-refractivity contribution < 1.29 is 13.9 Å². The molecule has 1 saturated heterocycles. The molecule has 1 heterocycles. The Hall–Kier alpha value is -1.13. The molecule has 0 atom stereocenters. The van der Waals surface area contributed by atoms with Crippen molar-refractivity contribution in [1.29, 1.82) is 0 Å². The molecular formula is C13H15ClFNO2.